The van der Waals surface area contributed by atoms with Gasteiger partial charge in [0.25, 0.3) is 0 Å². The molecule has 45 heavy (non-hydrogen) atoms. The average Bonchev–Trinajstić information content (AvgIpc) is 3.60. The Morgan fingerprint density at radius 1 is 1.04 bits per heavy atom. The summed E-state index contributed by atoms with van der Waals surface area (Å²) in [5, 5.41) is 14.9. The summed E-state index contributed by atoms with van der Waals surface area (Å²) >= 11 is 0. The van der Waals surface area contributed by atoms with Gasteiger partial charge in [-0.1, -0.05) is 56.3 Å². The third-order valence-corrected chi connectivity index (χ3v) is 12.1. The molecule has 2 heterocycles. The number of rotatable bonds is 15. The predicted octanol–water partition coefficient (Wildman–Crippen LogP) is 3.74. The molecule has 0 aromatic heterocycles. The first-order valence-corrected chi connectivity index (χ1v) is 17.9. The van der Waals surface area contributed by atoms with Crippen LogP contribution in [0.1, 0.15) is 50.7 Å². The van der Waals surface area contributed by atoms with E-state index in [0.29, 0.717) is 19.6 Å². The molecule has 0 amide bonds. The molecule has 2 bridgehead atoms. The third-order valence-electron chi connectivity index (χ3n) is 10.3. The van der Waals surface area contributed by atoms with Crippen LogP contribution >= 0.6 is 0 Å². The maximum atomic E-state index is 14.0. The molecule has 4 aliphatic rings. The van der Waals surface area contributed by atoms with Gasteiger partial charge in [0, 0.05) is 48.7 Å². The highest BCUT2D eigenvalue weighted by atomic mass is 32.2. The standard InChI is InChI=1S/C35H48N2O7S/c1-23(2)18-37(45(40,41)28-11-9-27(10-12-28)35(13-14-35)22-36-3)19-31(38)25(15-24-7-5-4-6-8-24)17-32(39)44-33-26-16-29-30(33)21-43-34(29)42-20-26/h4-12,23,25-26,29-31,33-34,36,38H,13-22H2,1-3H3/t25-,26-,29?,30?,31-,33?,34?/m1/s1. The van der Waals surface area contributed by atoms with Gasteiger partial charge in [0.15, 0.2) is 6.29 Å². The number of ether oxygens (including phenoxy) is 3. The minimum Gasteiger partial charge on any atom is -0.462 e. The highest BCUT2D eigenvalue weighted by Gasteiger charge is 2.56. The summed E-state index contributed by atoms with van der Waals surface area (Å²) in [6.45, 7) is 5.97. The first-order chi connectivity index (χ1) is 21.6. The number of sulfonamides is 1. The van der Waals surface area contributed by atoms with Gasteiger partial charge in [0.05, 0.1) is 30.6 Å². The Morgan fingerprint density at radius 3 is 2.42 bits per heavy atom. The molecule has 2 saturated heterocycles. The highest BCUT2D eigenvalue weighted by molar-refractivity contribution is 7.89. The molecule has 2 N–H and O–H groups in total. The lowest BCUT2D eigenvalue weighted by Gasteiger charge is -2.31. The van der Waals surface area contributed by atoms with Gasteiger partial charge in [0.1, 0.15) is 6.10 Å². The SMILES string of the molecule is CNCC1(c2ccc(S(=O)(=O)N(CC(C)C)C[C@@H](O)[C@@H](CC(=O)OC3C4COC5OC[C@H]3CC54)Cc3ccccc3)cc2)CC1. The van der Waals surface area contributed by atoms with Gasteiger partial charge in [-0.05, 0) is 61.9 Å². The van der Waals surface area contributed by atoms with E-state index in [1.165, 1.54) is 4.31 Å². The fourth-order valence-corrected chi connectivity index (χ4v) is 9.37. The van der Waals surface area contributed by atoms with Crippen molar-refractivity contribution < 1.29 is 32.5 Å². The first-order valence-electron chi connectivity index (χ1n) is 16.5. The molecule has 4 fully saturated rings. The van der Waals surface area contributed by atoms with Crippen molar-refractivity contribution in [3.8, 4) is 0 Å². The number of carbonyl (C=O) groups is 1. The van der Waals surface area contributed by atoms with Gasteiger partial charge in [-0.25, -0.2) is 8.42 Å². The second-order valence-corrected chi connectivity index (χ2v) is 16.0. The maximum absolute atomic E-state index is 14.0. The topological polar surface area (TPSA) is 114 Å². The fraction of sp³-hybridized carbons (Fsp3) is 0.629. The number of hydrogen-bond acceptors (Lipinski definition) is 8. The number of hydrogen-bond donors (Lipinski definition) is 2. The first kappa shape index (κ1) is 32.6. The molecule has 2 aliphatic heterocycles. The molecule has 7 atom stereocenters. The van der Waals surface area contributed by atoms with Gasteiger partial charge >= 0.3 is 5.97 Å². The lowest BCUT2D eigenvalue weighted by atomic mass is 9.90. The molecule has 9 nitrogen and oxygen atoms in total. The number of nitrogens with zero attached hydrogens (tertiary/aromatic N) is 1. The van der Waals surface area contributed by atoms with Crippen LogP contribution in [0.25, 0.3) is 0 Å². The number of carbonyl (C=O) groups excluding carboxylic acids is 1. The number of aliphatic hydroxyl groups is 1. The summed E-state index contributed by atoms with van der Waals surface area (Å²) in [7, 11) is -1.96. The summed E-state index contributed by atoms with van der Waals surface area (Å²) < 4.78 is 47.1. The second-order valence-electron chi connectivity index (χ2n) is 14.1. The van der Waals surface area contributed by atoms with Crippen molar-refractivity contribution in [1.82, 2.24) is 9.62 Å². The lowest BCUT2D eigenvalue weighted by molar-refractivity contribution is -0.178. The molecule has 246 valence electrons. The van der Waals surface area contributed by atoms with Crippen LogP contribution in [0.4, 0.5) is 0 Å². The van der Waals surface area contributed by atoms with Crippen molar-refractivity contribution in [3.05, 3.63) is 65.7 Å². The highest BCUT2D eigenvalue weighted by Crippen LogP contribution is 2.50. The van der Waals surface area contributed by atoms with Gasteiger partial charge in [-0.3, -0.25) is 4.79 Å². The zero-order valence-corrected chi connectivity index (χ0v) is 27.5. The van der Waals surface area contributed by atoms with E-state index in [0.717, 1.165) is 36.9 Å². The molecular formula is C35H48N2O7S. The van der Waals surface area contributed by atoms with Crippen molar-refractivity contribution in [2.75, 3.05) is 39.9 Å². The molecular weight excluding hydrogens is 592 g/mol. The molecule has 0 spiro atoms. The summed E-state index contributed by atoms with van der Waals surface area (Å²) in [4.78, 5) is 13.7. The molecule has 0 radical (unpaired) electrons. The Kier molecular flexibility index (Phi) is 9.71. The minimum atomic E-state index is -3.90. The van der Waals surface area contributed by atoms with Crippen LogP contribution in [0.15, 0.2) is 59.5 Å². The molecule has 2 saturated carbocycles. The van der Waals surface area contributed by atoms with Crippen LogP contribution in [-0.2, 0) is 40.9 Å². The third kappa shape index (κ3) is 7.01. The average molecular weight is 641 g/mol. The van der Waals surface area contributed by atoms with Crippen LogP contribution in [0, 0.1) is 29.6 Å². The summed E-state index contributed by atoms with van der Waals surface area (Å²) in [6.07, 6.45) is 1.97. The number of aliphatic hydroxyl groups excluding tert-OH is 1. The van der Waals surface area contributed by atoms with Crippen molar-refractivity contribution in [2.45, 2.75) is 74.8 Å². The van der Waals surface area contributed by atoms with E-state index in [-0.39, 0.29) is 71.9 Å². The van der Waals surface area contributed by atoms with E-state index >= 15 is 0 Å². The lowest BCUT2D eigenvalue weighted by Crippen LogP contribution is -2.43. The van der Waals surface area contributed by atoms with E-state index in [2.05, 4.69) is 5.32 Å². The van der Waals surface area contributed by atoms with Gasteiger partial charge < -0.3 is 24.6 Å². The Balaban J connectivity index is 1.18. The second kappa shape index (κ2) is 13.4. The molecule has 2 aliphatic carbocycles. The van der Waals surface area contributed by atoms with Crippen molar-refractivity contribution in [1.29, 1.82) is 0 Å². The van der Waals surface area contributed by atoms with Crippen LogP contribution in [-0.4, -0.2) is 82.2 Å². The quantitative estimate of drug-likeness (QED) is 0.283. The molecule has 6 rings (SSSR count). The van der Waals surface area contributed by atoms with Crippen LogP contribution in [0.2, 0.25) is 0 Å². The zero-order valence-electron chi connectivity index (χ0n) is 26.6. The van der Waals surface area contributed by atoms with E-state index < -0.39 is 22.0 Å². The number of esters is 1. The van der Waals surface area contributed by atoms with Crippen molar-refractivity contribution in [3.63, 3.8) is 0 Å². The monoisotopic (exact) mass is 640 g/mol. The summed E-state index contributed by atoms with van der Waals surface area (Å²) in [5.74, 6) is -0.319. The van der Waals surface area contributed by atoms with Crippen LogP contribution < -0.4 is 5.32 Å². The van der Waals surface area contributed by atoms with E-state index in [1.54, 1.807) is 12.1 Å². The minimum absolute atomic E-state index is 0.0143. The van der Waals surface area contributed by atoms with E-state index in [1.807, 2.05) is 63.4 Å². The Labute approximate surface area is 267 Å². The number of nitrogens with one attached hydrogen (secondary N) is 1. The number of likely N-dealkylation sites (N-methyl/N-ethyl adjacent to an activating group) is 1. The Bertz CT molecular complexity index is 1410. The van der Waals surface area contributed by atoms with Crippen molar-refractivity contribution >= 4 is 16.0 Å². The Hall–Kier alpha value is -2.34. The van der Waals surface area contributed by atoms with Crippen LogP contribution in [0.3, 0.4) is 0 Å². The number of benzene rings is 2. The van der Waals surface area contributed by atoms with E-state index in [9.17, 15) is 18.3 Å². The van der Waals surface area contributed by atoms with Crippen LogP contribution in [0.5, 0.6) is 0 Å². The number of fused-ring (bicyclic) bond motifs is 1. The molecule has 2 aromatic carbocycles. The van der Waals surface area contributed by atoms with Gasteiger partial charge in [0.2, 0.25) is 10.0 Å². The van der Waals surface area contributed by atoms with Gasteiger partial charge in [-0.15, -0.1) is 0 Å². The molecule has 4 unspecified atom stereocenters. The predicted molar refractivity (Wildman–Crippen MR) is 170 cm³/mol. The van der Waals surface area contributed by atoms with E-state index in [4.69, 9.17) is 14.2 Å². The smallest absolute Gasteiger partial charge is 0.306 e. The van der Waals surface area contributed by atoms with Crippen molar-refractivity contribution in [2.24, 2.45) is 29.6 Å². The fourth-order valence-electron chi connectivity index (χ4n) is 7.75. The van der Waals surface area contributed by atoms with Gasteiger partial charge in [-0.2, -0.15) is 4.31 Å². The zero-order chi connectivity index (χ0) is 31.8. The Morgan fingerprint density at radius 2 is 1.76 bits per heavy atom. The molecule has 2 aromatic rings. The maximum Gasteiger partial charge on any atom is 0.306 e. The molecule has 10 heteroatoms. The summed E-state index contributed by atoms with van der Waals surface area (Å²) in [6, 6.07) is 16.9. The summed E-state index contributed by atoms with van der Waals surface area (Å²) in [5.41, 5.74) is 2.20. The normalized spacial score (nSPS) is 27.9. The largest absolute Gasteiger partial charge is 0.462 e.